The first-order valence-corrected chi connectivity index (χ1v) is 9.76. The molecule has 3 N–H and O–H groups in total. The molecule has 1 aliphatic rings. The summed E-state index contributed by atoms with van der Waals surface area (Å²) in [5, 5.41) is 14.4. The van der Waals surface area contributed by atoms with Gasteiger partial charge in [0, 0.05) is 49.2 Å². The van der Waals surface area contributed by atoms with Gasteiger partial charge in [0.1, 0.15) is 17.2 Å². The molecule has 0 bridgehead atoms. The van der Waals surface area contributed by atoms with Crippen LogP contribution in [0.5, 0.6) is 11.5 Å². The lowest BCUT2D eigenvalue weighted by atomic mass is 9.85. The van der Waals surface area contributed by atoms with E-state index in [9.17, 15) is 9.90 Å². The van der Waals surface area contributed by atoms with Crippen molar-refractivity contribution in [2.45, 2.75) is 26.2 Å². The number of carbonyl (C=O) groups excluding carboxylic acids is 1. The fourth-order valence-electron chi connectivity index (χ4n) is 3.59. The van der Waals surface area contributed by atoms with Gasteiger partial charge in [-0.25, -0.2) is 10.0 Å². The number of rotatable bonds is 5. The predicted octanol–water partition coefficient (Wildman–Crippen LogP) is 2.98. The van der Waals surface area contributed by atoms with Crippen LogP contribution in [0, 0.1) is 0 Å². The maximum atomic E-state index is 12.0. The summed E-state index contributed by atoms with van der Waals surface area (Å²) < 4.78 is 5.42. The number of ether oxygens (including phenoxy) is 1. The van der Waals surface area contributed by atoms with Crippen LogP contribution < -0.4 is 20.4 Å². The lowest BCUT2D eigenvalue weighted by Gasteiger charge is -2.40. The summed E-state index contributed by atoms with van der Waals surface area (Å²) in [5.41, 5.74) is 8.50. The lowest BCUT2D eigenvalue weighted by molar-refractivity contribution is -0.110. The van der Waals surface area contributed by atoms with E-state index in [2.05, 4.69) is 4.90 Å². The van der Waals surface area contributed by atoms with Crippen LogP contribution in [-0.4, -0.2) is 49.8 Å². The molecule has 0 spiro atoms. The van der Waals surface area contributed by atoms with Gasteiger partial charge in [0.15, 0.2) is 0 Å². The topological polar surface area (TPSA) is 82.3 Å². The van der Waals surface area contributed by atoms with Gasteiger partial charge in [0.2, 0.25) is 6.41 Å². The zero-order valence-electron chi connectivity index (χ0n) is 17.6. The van der Waals surface area contributed by atoms with Gasteiger partial charge < -0.3 is 20.5 Å². The second kappa shape index (κ2) is 8.21. The van der Waals surface area contributed by atoms with Gasteiger partial charge in [-0.3, -0.25) is 4.79 Å². The highest BCUT2D eigenvalue weighted by molar-refractivity contribution is 5.80. The van der Waals surface area contributed by atoms with Crippen LogP contribution in [0.2, 0.25) is 0 Å². The molecule has 2 aromatic carbocycles. The highest BCUT2D eigenvalue weighted by Gasteiger charge is 2.28. The van der Waals surface area contributed by atoms with Gasteiger partial charge in [-0.2, -0.15) is 0 Å². The fraction of sp³-hybridized carbons (Fsp3) is 0.409. The average molecular weight is 399 g/mol. The van der Waals surface area contributed by atoms with E-state index in [0.29, 0.717) is 24.5 Å². The molecule has 0 atom stereocenters. The van der Waals surface area contributed by atoms with Crippen LogP contribution in [0.25, 0.3) is 0 Å². The van der Waals surface area contributed by atoms with Crippen molar-refractivity contribution in [1.82, 2.24) is 5.01 Å². The number of piperazine rings is 1. The van der Waals surface area contributed by atoms with E-state index in [-0.39, 0.29) is 11.2 Å². The van der Waals surface area contributed by atoms with Crippen LogP contribution in [0.3, 0.4) is 0 Å². The largest absolute Gasteiger partial charge is 0.505 e. The average Bonchev–Trinajstić information content (AvgIpc) is 2.70. The van der Waals surface area contributed by atoms with Crippen molar-refractivity contribution in [2.24, 2.45) is 0 Å². The molecule has 7 nitrogen and oxygen atoms in total. The predicted molar refractivity (Wildman–Crippen MR) is 117 cm³/mol. The SMILES string of the molecule is COc1cc(N(C=O)N2CCN(c3ccc(N)cc3)CC2)c(O)c(C(C)(C)C)c1. The first kappa shape index (κ1) is 20.8. The maximum absolute atomic E-state index is 12.0. The Bertz CT molecular complexity index is 854. The minimum absolute atomic E-state index is 0.103. The van der Waals surface area contributed by atoms with E-state index in [1.54, 1.807) is 13.2 Å². The van der Waals surface area contributed by atoms with E-state index in [4.69, 9.17) is 10.5 Å². The zero-order valence-corrected chi connectivity index (χ0v) is 17.6. The molecule has 1 heterocycles. The standard InChI is InChI=1S/C22H30N4O3/c1-22(2,3)19-13-18(29-4)14-20(21(19)28)26(15-27)25-11-9-24(10-12-25)17-7-5-16(23)6-8-17/h5-8,13-15,28H,9-12,23H2,1-4H3. The number of methoxy groups -OCH3 is 1. The number of amides is 1. The molecule has 0 radical (unpaired) electrons. The number of phenolic OH excluding ortho intramolecular Hbond substituents is 1. The third kappa shape index (κ3) is 4.40. The van der Waals surface area contributed by atoms with Crippen LogP contribution in [0.4, 0.5) is 17.1 Å². The van der Waals surface area contributed by atoms with E-state index in [0.717, 1.165) is 36.4 Å². The molecule has 0 unspecified atom stereocenters. The van der Waals surface area contributed by atoms with Crippen molar-refractivity contribution in [2.75, 3.05) is 48.9 Å². The number of carbonyl (C=O) groups is 1. The van der Waals surface area contributed by atoms with Crippen molar-refractivity contribution in [1.29, 1.82) is 0 Å². The van der Waals surface area contributed by atoms with Crippen molar-refractivity contribution in [3.63, 3.8) is 0 Å². The summed E-state index contributed by atoms with van der Waals surface area (Å²) in [7, 11) is 1.58. The molecule has 1 saturated heterocycles. The highest BCUT2D eigenvalue weighted by Crippen LogP contribution is 2.41. The minimum atomic E-state index is -0.296. The van der Waals surface area contributed by atoms with Gasteiger partial charge in [-0.1, -0.05) is 20.8 Å². The molecule has 156 valence electrons. The first-order valence-electron chi connectivity index (χ1n) is 9.76. The molecule has 0 aromatic heterocycles. The third-order valence-corrected chi connectivity index (χ3v) is 5.27. The van der Waals surface area contributed by atoms with Crippen molar-refractivity contribution < 1.29 is 14.6 Å². The number of aromatic hydroxyl groups is 1. The Morgan fingerprint density at radius 3 is 2.24 bits per heavy atom. The second-order valence-corrected chi connectivity index (χ2v) is 8.27. The Hall–Kier alpha value is -2.93. The van der Waals surface area contributed by atoms with Crippen molar-refractivity contribution in [3.8, 4) is 11.5 Å². The van der Waals surface area contributed by atoms with Crippen LogP contribution in [0.15, 0.2) is 36.4 Å². The number of benzene rings is 2. The number of phenols is 1. The Morgan fingerprint density at radius 2 is 1.72 bits per heavy atom. The molecular weight excluding hydrogens is 368 g/mol. The molecule has 0 saturated carbocycles. The Balaban J connectivity index is 1.83. The summed E-state index contributed by atoms with van der Waals surface area (Å²) in [6.45, 7) is 8.84. The zero-order chi connectivity index (χ0) is 21.2. The Kier molecular flexibility index (Phi) is 5.88. The monoisotopic (exact) mass is 398 g/mol. The summed E-state index contributed by atoms with van der Waals surface area (Å²) in [6, 6.07) is 11.3. The molecular formula is C22H30N4O3. The molecule has 29 heavy (non-hydrogen) atoms. The molecule has 3 rings (SSSR count). The molecule has 1 fully saturated rings. The minimum Gasteiger partial charge on any atom is -0.505 e. The van der Waals surface area contributed by atoms with Crippen LogP contribution in [0.1, 0.15) is 26.3 Å². The van der Waals surface area contributed by atoms with Crippen molar-refractivity contribution >= 4 is 23.5 Å². The molecule has 1 aliphatic heterocycles. The van der Waals surface area contributed by atoms with Gasteiger partial charge in [0.25, 0.3) is 0 Å². The van der Waals surface area contributed by atoms with E-state index >= 15 is 0 Å². The number of hydrogen-bond donors (Lipinski definition) is 2. The number of nitrogens with two attached hydrogens (primary N) is 1. The summed E-state index contributed by atoms with van der Waals surface area (Å²) in [5.74, 6) is 0.710. The number of hydrogen-bond acceptors (Lipinski definition) is 6. The van der Waals surface area contributed by atoms with Crippen LogP contribution >= 0.6 is 0 Å². The normalized spacial score (nSPS) is 15.2. The second-order valence-electron chi connectivity index (χ2n) is 8.27. The lowest BCUT2D eigenvalue weighted by Crippen LogP contribution is -2.53. The van der Waals surface area contributed by atoms with Gasteiger partial charge in [-0.05, 0) is 35.7 Å². The Labute approximate surface area is 172 Å². The van der Waals surface area contributed by atoms with Crippen LogP contribution in [-0.2, 0) is 10.2 Å². The number of anilines is 3. The van der Waals surface area contributed by atoms with Crippen molar-refractivity contribution in [3.05, 3.63) is 42.0 Å². The smallest absolute Gasteiger partial charge is 0.228 e. The molecule has 2 aromatic rings. The maximum Gasteiger partial charge on any atom is 0.228 e. The summed E-state index contributed by atoms with van der Waals surface area (Å²) >= 11 is 0. The molecule has 7 heteroatoms. The number of nitrogen functional groups attached to an aromatic ring is 1. The quantitative estimate of drug-likeness (QED) is 0.595. The summed E-state index contributed by atoms with van der Waals surface area (Å²) in [4.78, 5) is 14.3. The third-order valence-electron chi connectivity index (χ3n) is 5.27. The van der Waals surface area contributed by atoms with E-state index < -0.39 is 0 Å². The number of nitrogens with zero attached hydrogens (tertiary/aromatic N) is 3. The fourth-order valence-corrected chi connectivity index (χ4v) is 3.59. The van der Waals surface area contributed by atoms with Gasteiger partial charge >= 0.3 is 0 Å². The van der Waals surface area contributed by atoms with Gasteiger partial charge in [0.05, 0.1) is 7.11 Å². The molecule has 1 amide bonds. The highest BCUT2D eigenvalue weighted by atomic mass is 16.5. The van der Waals surface area contributed by atoms with E-state index in [1.807, 2.05) is 56.1 Å². The van der Waals surface area contributed by atoms with Gasteiger partial charge in [-0.15, -0.1) is 0 Å². The van der Waals surface area contributed by atoms with E-state index in [1.165, 1.54) is 5.01 Å². The summed E-state index contributed by atoms with van der Waals surface area (Å²) in [6.07, 6.45) is 0.750. The number of hydrazine groups is 1. The Morgan fingerprint density at radius 1 is 1.10 bits per heavy atom. The molecule has 0 aliphatic carbocycles. The first-order chi connectivity index (χ1) is 13.7.